The van der Waals surface area contributed by atoms with E-state index in [9.17, 15) is 4.79 Å². The summed E-state index contributed by atoms with van der Waals surface area (Å²) >= 11 is 0. The third-order valence-corrected chi connectivity index (χ3v) is 6.53. The summed E-state index contributed by atoms with van der Waals surface area (Å²) in [6, 6.07) is 14.2. The molecular weight excluding hydrogens is 470 g/mol. The molecule has 8 nitrogen and oxygen atoms in total. The van der Waals surface area contributed by atoms with E-state index in [1.54, 1.807) is 0 Å². The van der Waals surface area contributed by atoms with Crippen LogP contribution in [0.5, 0.6) is 5.75 Å². The zero-order valence-corrected chi connectivity index (χ0v) is 22.3. The molecule has 0 saturated heterocycles. The van der Waals surface area contributed by atoms with E-state index >= 15 is 0 Å². The highest BCUT2D eigenvalue weighted by Crippen LogP contribution is 2.45. The average Bonchev–Trinajstić information content (AvgIpc) is 3.10. The Kier molecular flexibility index (Phi) is 8.95. The van der Waals surface area contributed by atoms with Gasteiger partial charge < -0.3 is 29.2 Å². The van der Waals surface area contributed by atoms with Crippen LogP contribution in [0.15, 0.2) is 42.5 Å². The van der Waals surface area contributed by atoms with Crippen LogP contribution in [0.3, 0.4) is 0 Å². The predicted molar refractivity (Wildman–Crippen MR) is 147 cm³/mol. The number of amides is 1. The highest BCUT2D eigenvalue weighted by Gasteiger charge is 2.27. The lowest BCUT2D eigenvalue weighted by atomic mass is 9.92. The summed E-state index contributed by atoms with van der Waals surface area (Å²) in [7, 11) is 0. The molecule has 1 aromatic heterocycles. The molecule has 37 heavy (non-hydrogen) atoms. The van der Waals surface area contributed by atoms with Gasteiger partial charge in [0.05, 0.1) is 29.6 Å². The van der Waals surface area contributed by atoms with Gasteiger partial charge in [0.2, 0.25) is 0 Å². The van der Waals surface area contributed by atoms with Crippen molar-refractivity contribution in [1.29, 1.82) is 0 Å². The molecule has 0 bridgehead atoms. The third-order valence-electron chi connectivity index (χ3n) is 6.53. The van der Waals surface area contributed by atoms with Crippen molar-refractivity contribution >= 4 is 28.4 Å². The Bertz CT molecular complexity index is 1180. The molecule has 3 N–H and O–H groups in total. The first kappa shape index (κ1) is 26.8. The number of ether oxygens (including phenoxy) is 4. The van der Waals surface area contributed by atoms with Gasteiger partial charge in [-0.15, -0.1) is 0 Å². The number of hydrogen-bond donors (Lipinski definition) is 2. The van der Waals surface area contributed by atoms with Gasteiger partial charge in [-0.25, -0.2) is 4.79 Å². The summed E-state index contributed by atoms with van der Waals surface area (Å²) in [6.45, 7) is 9.26. The van der Waals surface area contributed by atoms with Crippen LogP contribution < -0.4 is 15.8 Å². The summed E-state index contributed by atoms with van der Waals surface area (Å²) in [5.41, 5.74) is 11.2. The van der Waals surface area contributed by atoms with Gasteiger partial charge >= 0.3 is 6.09 Å². The number of aromatic nitrogens is 1. The predicted octanol–water partition coefficient (Wildman–Crippen LogP) is 6.74. The first-order valence-corrected chi connectivity index (χ1v) is 13.3. The number of nitrogens with one attached hydrogen (secondary N) is 1. The molecule has 1 fully saturated rings. The Morgan fingerprint density at radius 2 is 1.78 bits per heavy atom. The van der Waals surface area contributed by atoms with Crippen molar-refractivity contribution in [3.05, 3.63) is 42.5 Å². The summed E-state index contributed by atoms with van der Waals surface area (Å²) in [5, 5.41) is 3.78. The van der Waals surface area contributed by atoms with Crippen LogP contribution in [0.1, 0.15) is 59.4 Å². The van der Waals surface area contributed by atoms with Gasteiger partial charge in [0, 0.05) is 48.4 Å². The Balaban J connectivity index is 1.58. The highest BCUT2D eigenvalue weighted by atomic mass is 16.7. The largest absolute Gasteiger partial charge is 0.493 e. The van der Waals surface area contributed by atoms with Crippen LogP contribution in [-0.2, 0) is 14.2 Å². The quantitative estimate of drug-likeness (QED) is 0.262. The number of rotatable bonds is 12. The SMILES string of the molecule is CCOC(CCOc1ccc2c(N)c(-c3ccc(NC(=O)OC(C)C)cc3)n(C3CCC3)c2c1)OCC. The second kappa shape index (κ2) is 12.3. The summed E-state index contributed by atoms with van der Waals surface area (Å²) in [5.74, 6) is 0.798. The van der Waals surface area contributed by atoms with E-state index in [-0.39, 0.29) is 12.4 Å². The topological polar surface area (TPSA) is 97.0 Å². The molecule has 4 rings (SSSR count). The standard InChI is InChI=1S/C29H39N3O5/c1-5-34-26(35-6-2)16-17-36-23-14-15-24-25(18-23)32(22-8-7-9-22)28(27(24)30)20-10-12-21(13-11-20)31-29(33)37-19(3)4/h10-15,18-19,22,26H,5-9,16-17,30H2,1-4H3,(H,31,33). The third kappa shape index (κ3) is 6.37. The van der Waals surface area contributed by atoms with Crippen LogP contribution in [0, 0.1) is 0 Å². The molecule has 3 aromatic rings. The van der Waals surface area contributed by atoms with E-state index in [0.29, 0.717) is 38.0 Å². The zero-order chi connectivity index (χ0) is 26.4. The van der Waals surface area contributed by atoms with E-state index in [1.807, 2.05) is 64.1 Å². The van der Waals surface area contributed by atoms with E-state index in [4.69, 9.17) is 24.7 Å². The van der Waals surface area contributed by atoms with E-state index in [2.05, 4.69) is 16.0 Å². The summed E-state index contributed by atoms with van der Waals surface area (Å²) < 4.78 is 24.9. The van der Waals surface area contributed by atoms with Gasteiger partial charge in [0.1, 0.15) is 5.75 Å². The van der Waals surface area contributed by atoms with Crippen molar-refractivity contribution in [3.63, 3.8) is 0 Å². The molecule has 0 atom stereocenters. The molecular formula is C29H39N3O5. The average molecular weight is 510 g/mol. The lowest BCUT2D eigenvalue weighted by Gasteiger charge is -2.30. The van der Waals surface area contributed by atoms with E-state index < -0.39 is 6.09 Å². The van der Waals surface area contributed by atoms with Crippen LogP contribution in [0.4, 0.5) is 16.2 Å². The van der Waals surface area contributed by atoms with Crippen molar-refractivity contribution in [3.8, 4) is 17.0 Å². The molecule has 1 amide bonds. The van der Waals surface area contributed by atoms with Gasteiger partial charge in [-0.05, 0) is 71.2 Å². The number of benzene rings is 2. The lowest BCUT2D eigenvalue weighted by Crippen LogP contribution is -2.20. The van der Waals surface area contributed by atoms with E-state index in [0.717, 1.165) is 46.4 Å². The smallest absolute Gasteiger partial charge is 0.411 e. The second-order valence-electron chi connectivity index (χ2n) is 9.53. The molecule has 200 valence electrons. The Morgan fingerprint density at radius 1 is 1.08 bits per heavy atom. The van der Waals surface area contributed by atoms with Crippen molar-refractivity contribution < 1.29 is 23.7 Å². The number of nitrogens with zero attached hydrogens (tertiary/aromatic N) is 1. The molecule has 1 heterocycles. The maximum Gasteiger partial charge on any atom is 0.411 e. The minimum Gasteiger partial charge on any atom is -0.493 e. The van der Waals surface area contributed by atoms with Crippen molar-refractivity contribution in [2.45, 2.75) is 71.8 Å². The lowest BCUT2D eigenvalue weighted by molar-refractivity contribution is -0.142. The normalized spacial score (nSPS) is 13.8. The molecule has 8 heteroatoms. The molecule has 1 aliphatic rings. The van der Waals surface area contributed by atoms with Crippen molar-refractivity contribution in [2.24, 2.45) is 0 Å². The highest BCUT2D eigenvalue weighted by molar-refractivity contribution is 6.01. The minimum absolute atomic E-state index is 0.179. The minimum atomic E-state index is -0.466. The first-order valence-electron chi connectivity index (χ1n) is 13.3. The Labute approximate surface area is 219 Å². The molecule has 0 unspecified atom stereocenters. The number of carbonyl (C=O) groups is 1. The monoisotopic (exact) mass is 509 g/mol. The second-order valence-corrected chi connectivity index (χ2v) is 9.53. The van der Waals surface area contributed by atoms with E-state index in [1.165, 1.54) is 6.42 Å². The number of nitrogens with two attached hydrogens (primary N) is 1. The molecule has 1 saturated carbocycles. The summed E-state index contributed by atoms with van der Waals surface area (Å²) in [4.78, 5) is 12.0. The van der Waals surface area contributed by atoms with Crippen LogP contribution in [0.25, 0.3) is 22.2 Å². The Hall–Kier alpha value is -3.23. The van der Waals surface area contributed by atoms with Crippen LogP contribution >= 0.6 is 0 Å². The van der Waals surface area contributed by atoms with Gasteiger partial charge in [0.25, 0.3) is 0 Å². The maximum atomic E-state index is 12.0. The van der Waals surface area contributed by atoms with Gasteiger partial charge in [-0.2, -0.15) is 0 Å². The van der Waals surface area contributed by atoms with Crippen molar-refractivity contribution in [2.75, 3.05) is 30.9 Å². The molecule has 0 radical (unpaired) electrons. The van der Waals surface area contributed by atoms with Gasteiger partial charge in [-0.1, -0.05) is 12.1 Å². The Morgan fingerprint density at radius 3 is 2.38 bits per heavy atom. The number of carbonyl (C=O) groups excluding carboxylic acids is 1. The first-order chi connectivity index (χ1) is 17.9. The fraction of sp³-hybridized carbons (Fsp3) is 0.483. The fourth-order valence-corrected chi connectivity index (χ4v) is 4.66. The molecule has 0 aliphatic heterocycles. The molecule has 1 aliphatic carbocycles. The summed E-state index contributed by atoms with van der Waals surface area (Å²) in [6.07, 6.45) is 3.19. The maximum absolute atomic E-state index is 12.0. The van der Waals surface area contributed by atoms with Crippen LogP contribution in [-0.4, -0.2) is 42.9 Å². The number of fused-ring (bicyclic) bond motifs is 1. The fourth-order valence-electron chi connectivity index (χ4n) is 4.66. The number of hydrogen-bond acceptors (Lipinski definition) is 6. The van der Waals surface area contributed by atoms with Gasteiger partial charge in [0.15, 0.2) is 6.29 Å². The van der Waals surface area contributed by atoms with Crippen molar-refractivity contribution in [1.82, 2.24) is 4.57 Å². The number of nitrogen functional groups attached to an aromatic ring is 1. The number of anilines is 2. The molecule has 2 aromatic carbocycles. The molecule has 0 spiro atoms. The van der Waals surface area contributed by atoms with Crippen LogP contribution in [0.2, 0.25) is 0 Å². The zero-order valence-electron chi connectivity index (χ0n) is 22.3. The van der Waals surface area contributed by atoms with Gasteiger partial charge in [-0.3, -0.25) is 5.32 Å².